The van der Waals surface area contributed by atoms with Gasteiger partial charge in [-0.2, -0.15) is 13.2 Å². The lowest BCUT2D eigenvalue weighted by Crippen LogP contribution is -2.49. The van der Waals surface area contributed by atoms with E-state index in [4.69, 9.17) is 21.5 Å². The highest BCUT2D eigenvalue weighted by molar-refractivity contribution is 6.30. The van der Waals surface area contributed by atoms with E-state index in [0.29, 0.717) is 12.6 Å². The average Bonchev–Trinajstić information content (AvgIpc) is 3.21. The molecule has 12 heteroatoms. The monoisotopic (exact) mass is 556 g/mol. The van der Waals surface area contributed by atoms with Gasteiger partial charge in [-0.3, -0.25) is 9.69 Å². The van der Waals surface area contributed by atoms with Crippen LogP contribution in [0.1, 0.15) is 25.3 Å². The van der Waals surface area contributed by atoms with Gasteiger partial charge in [0.1, 0.15) is 0 Å². The molecule has 4 rings (SSSR count). The molecule has 2 aliphatic heterocycles. The van der Waals surface area contributed by atoms with Crippen LogP contribution in [0.4, 0.5) is 24.5 Å². The van der Waals surface area contributed by atoms with Crippen LogP contribution in [0.25, 0.3) is 0 Å². The number of halogens is 4. The predicted octanol–water partition coefficient (Wildman–Crippen LogP) is 3.74. The number of carboxylic acids is 1. The van der Waals surface area contributed by atoms with E-state index in [1.807, 2.05) is 36.4 Å². The quantitative estimate of drug-likeness (QED) is 0.430. The molecule has 2 aliphatic rings. The third kappa shape index (κ3) is 8.87. The topological polar surface area (TPSA) is 105 Å². The van der Waals surface area contributed by atoms with Crippen LogP contribution < -0.4 is 15.5 Å². The summed E-state index contributed by atoms with van der Waals surface area (Å²) < 4.78 is 31.7. The number of hydrogen-bond donors (Lipinski definition) is 4. The first-order valence-electron chi connectivity index (χ1n) is 12.2. The Morgan fingerprint density at radius 2 is 1.66 bits per heavy atom. The molecule has 1 amide bonds. The van der Waals surface area contributed by atoms with Crippen molar-refractivity contribution in [1.82, 2.24) is 10.2 Å². The molecular formula is C26H32ClF3N4O4. The average molecular weight is 557 g/mol. The first kappa shape index (κ1) is 29.7. The third-order valence-electron chi connectivity index (χ3n) is 6.44. The highest BCUT2D eigenvalue weighted by atomic mass is 35.5. The second-order valence-electron chi connectivity index (χ2n) is 9.42. The van der Waals surface area contributed by atoms with Gasteiger partial charge in [0.05, 0.1) is 23.5 Å². The summed E-state index contributed by atoms with van der Waals surface area (Å²) in [5, 5.41) is 25.2. The molecule has 0 aromatic heterocycles. The van der Waals surface area contributed by atoms with Crippen molar-refractivity contribution in [3.05, 3.63) is 59.1 Å². The lowest BCUT2D eigenvalue weighted by molar-refractivity contribution is -0.192. The molecule has 2 aromatic rings. The zero-order chi connectivity index (χ0) is 27.9. The number of para-hydroxylation sites is 2. The van der Waals surface area contributed by atoms with Crippen molar-refractivity contribution in [3.63, 3.8) is 0 Å². The number of anilines is 2. The van der Waals surface area contributed by atoms with E-state index in [0.717, 1.165) is 55.4 Å². The Balaban J connectivity index is 0.000000505. The van der Waals surface area contributed by atoms with E-state index >= 15 is 0 Å². The largest absolute Gasteiger partial charge is 0.490 e. The van der Waals surface area contributed by atoms with Gasteiger partial charge in [0.15, 0.2) is 0 Å². The summed E-state index contributed by atoms with van der Waals surface area (Å²) in [7, 11) is 0. The van der Waals surface area contributed by atoms with Crippen LogP contribution in [-0.2, 0) is 16.1 Å². The normalized spacial score (nSPS) is 20.5. The number of carbonyl (C=O) groups excluding carboxylic acids is 1. The first-order valence-corrected chi connectivity index (χ1v) is 12.6. The summed E-state index contributed by atoms with van der Waals surface area (Å²) in [6, 6.07) is 16.3. The Labute approximate surface area is 224 Å². The zero-order valence-corrected chi connectivity index (χ0v) is 21.7. The standard InChI is InChI=1S/C24H31ClN4O2.C2HF3O2/c1-17(30)26-21-4-2-3-5-23(21)29-15-22(24(31)16-29)27-20-10-12-28(13-11-20)14-18-6-8-19(25)9-7-18;3-2(4,5)1(6)7/h2-9,20,22,24,27,31H,10-16H2,1H3,(H,26,30);(H,6,7)/t22?,24-;/m1./s1. The molecule has 0 spiro atoms. The highest BCUT2D eigenvalue weighted by Gasteiger charge is 2.38. The number of hydrogen-bond acceptors (Lipinski definition) is 6. The van der Waals surface area contributed by atoms with Gasteiger partial charge in [-0.1, -0.05) is 35.9 Å². The van der Waals surface area contributed by atoms with Crippen molar-refractivity contribution in [3.8, 4) is 0 Å². The van der Waals surface area contributed by atoms with Crippen LogP contribution >= 0.6 is 11.6 Å². The Bertz CT molecular complexity index is 1080. The number of carbonyl (C=O) groups is 2. The molecule has 0 bridgehead atoms. The molecule has 4 N–H and O–H groups in total. The number of alkyl halides is 3. The van der Waals surface area contributed by atoms with E-state index in [1.165, 1.54) is 12.5 Å². The summed E-state index contributed by atoms with van der Waals surface area (Å²) in [5.74, 6) is -2.85. The van der Waals surface area contributed by atoms with Gasteiger partial charge >= 0.3 is 12.1 Å². The second kappa shape index (κ2) is 13.3. The summed E-state index contributed by atoms with van der Waals surface area (Å²) >= 11 is 5.98. The molecule has 2 fully saturated rings. The first-order chi connectivity index (χ1) is 17.9. The molecular weight excluding hydrogens is 525 g/mol. The number of likely N-dealkylation sites (tertiary alicyclic amines) is 1. The van der Waals surface area contributed by atoms with Gasteiger partial charge in [0.25, 0.3) is 0 Å². The molecule has 208 valence electrons. The van der Waals surface area contributed by atoms with Crippen molar-refractivity contribution in [1.29, 1.82) is 0 Å². The number of amides is 1. The Morgan fingerprint density at radius 3 is 2.24 bits per heavy atom. The van der Waals surface area contributed by atoms with Gasteiger partial charge in [0, 0.05) is 37.6 Å². The van der Waals surface area contributed by atoms with Crippen LogP contribution in [0.2, 0.25) is 5.02 Å². The fourth-order valence-corrected chi connectivity index (χ4v) is 4.73. The summed E-state index contributed by atoms with van der Waals surface area (Å²) in [6.45, 7) is 5.83. The maximum atomic E-state index is 11.5. The molecule has 2 heterocycles. The number of nitrogens with one attached hydrogen (secondary N) is 2. The number of benzene rings is 2. The summed E-state index contributed by atoms with van der Waals surface area (Å²) in [4.78, 5) is 25.1. The number of carboxylic acid groups (broad SMARTS) is 1. The van der Waals surface area contributed by atoms with E-state index in [9.17, 15) is 23.1 Å². The molecule has 2 saturated heterocycles. The Morgan fingerprint density at radius 1 is 1.05 bits per heavy atom. The minimum atomic E-state index is -5.08. The van der Waals surface area contributed by atoms with Crippen molar-refractivity contribution in [2.24, 2.45) is 0 Å². The number of aliphatic hydroxyl groups excluding tert-OH is 1. The van der Waals surface area contributed by atoms with Crippen molar-refractivity contribution in [2.45, 2.75) is 50.7 Å². The summed E-state index contributed by atoms with van der Waals surface area (Å²) in [6.07, 6.45) is -3.38. The van der Waals surface area contributed by atoms with Crippen molar-refractivity contribution >= 4 is 34.9 Å². The van der Waals surface area contributed by atoms with Crippen LogP contribution in [-0.4, -0.2) is 77.5 Å². The van der Waals surface area contributed by atoms with Crippen LogP contribution in [0.3, 0.4) is 0 Å². The zero-order valence-electron chi connectivity index (χ0n) is 20.9. The van der Waals surface area contributed by atoms with Gasteiger partial charge in [-0.15, -0.1) is 0 Å². The molecule has 1 unspecified atom stereocenters. The lowest BCUT2D eigenvalue weighted by Gasteiger charge is -2.34. The second-order valence-corrected chi connectivity index (χ2v) is 9.86. The predicted molar refractivity (Wildman–Crippen MR) is 139 cm³/mol. The third-order valence-corrected chi connectivity index (χ3v) is 6.70. The highest BCUT2D eigenvalue weighted by Crippen LogP contribution is 2.29. The molecule has 0 saturated carbocycles. The van der Waals surface area contributed by atoms with E-state index in [2.05, 4.69) is 32.6 Å². The van der Waals surface area contributed by atoms with Crippen LogP contribution in [0, 0.1) is 0 Å². The van der Waals surface area contributed by atoms with E-state index in [-0.39, 0.29) is 11.9 Å². The minimum Gasteiger partial charge on any atom is -0.475 e. The minimum absolute atomic E-state index is 0.0261. The number of aliphatic hydroxyl groups is 1. The number of piperidine rings is 1. The van der Waals surface area contributed by atoms with E-state index < -0.39 is 18.2 Å². The number of rotatable bonds is 6. The van der Waals surface area contributed by atoms with Gasteiger partial charge in [-0.05, 0) is 55.8 Å². The molecule has 38 heavy (non-hydrogen) atoms. The fourth-order valence-electron chi connectivity index (χ4n) is 4.60. The molecule has 8 nitrogen and oxygen atoms in total. The molecule has 0 radical (unpaired) electrons. The van der Waals surface area contributed by atoms with Gasteiger partial charge in [-0.25, -0.2) is 4.79 Å². The smallest absolute Gasteiger partial charge is 0.475 e. The Kier molecular flexibility index (Phi) is 10.4. The maximum absolute atomic E-state index is 11.5. The SMILES string of the molecule is CC(=O)Nc1ccccc1N1CC(NC2CCN(Cc3ccc(Cl)cc3)CC2)[C@H](O)C1.O=C(O)C(F)(F)F. The lowest BCUT2D eigenvalue weighted by atomic mass is 10.0. The molecule has 2 atom stereocenters. The number of aliphatic carboxylic acids is 1. The maximum Gasteiger partial charge on any atom is 0.490 e. The summed E-state index contributed by atoms with van der Waals surface area (Å²) in [5.41, 5.74) is 3.03. The Hall–Kier alpha value is -2.86. The van der Waals surface area contributed by atoms with Gasteiger partial charge in [0.2, 0.25) is 5.91 Å². The molecule has 2 aromatic carbocycles. The van der Waals surface area contributed by atoms with Crippen molar-refractivity contribution < 1.29 is 33.0 Å². The van der Waals surface area contributed by atoms with Crippen LogP contribution in [0.15, 0.2) is 48.5 Å². The van der Waals surface area contributed by atoms with Crippen molar-refractivity contribution in [2.75, 3.05) is 36.4 Å². The number of β-amino-alcohol motifs (C(OH)–C–C–N with tert-alkyl or cyclic N) is 1. The van der Waals surface area contributed by atoms with Crippen LogP contribution in [0.5, 0.6) is 0 Å². The van der Waals surface area contributed by atoms with Gasteiger partial charge < -0.3 is 25.7 Å². The number of nitrogens with zero attached hydrogens (tertiary/aromatic N) is 2. The fraction of sp³-hybridized carbons (Fsp3) is 0.462. The van der Waals surface area contributed by atoms with E-state index in [1.54, 1.807) is 0 Å². The molecule has 0 aliphatic carbocycles.